The molecule has 0 radical (unpaired) electrons. The molecule has 4 nitrogen and oxygen atoms in total. The molecule has 0 fully saturated rings. The van der Waals surface area contributed by atoms with Crippen LogP contribution in [0.4, 0.5) is 0 Å². The highest BCUT2D eigenvalue weighted by molar-refractivity contribution is 6.35. The molecule has 0 aliphatic carbocycles. The van der Waals surface area contributed by atoms with Crippen molar-refractivity contribution in [3.05, 3.63) is 40.4 Å². The lowest BCUT2D eigenvalue weighted by atomic mass is 9.73. The van der Waals surface area contributed by atoms with Crippen molar-refractivity contribution in [2.45, 2.75) is 52.4 Å². The van der Waals surface area contributed by atoms with E-state index in [2.05, 4.69) is 63.0 Å². The maximum Gasteiger partial charge on any atom is 0.127 e. The molecular formula is C20H24ClN3O. The van der Waals surface area contributed by atoms with Crippen LogP contribution in [0.15, 0.2) is 24.3 Å². The zero-order chi connectivity index (χ0) is 18.6. The topological polar surface area (TPSA) is 61.8 Å². The second-order valence-corrected chi connectivity index (χ2v) is 8.91. The molecule has 0 unspecified atom stereocenters. The van der Waals surface area contributed by atoms with E-state index in [1.807, 2.05) is 12.1 Å². The van der Waals surface area contributed by atoms with Gasteiger partial charge in [0.1, 0.15) is 16.8 Å². The van der Waals surface area contributed by atoms with Crippen LogP contribution in [0.25, 0.3) is 22.2 Å². The number of aromatic amines is 1. The fraction of sp³-hybridized carbons (Fsp3) is 0.400. The van der Waals surface area contributed by atoms with Gasteiger partial charge in [0, 0.05) is 16.7 Å². The largest absolute Gasteiger partial charge is 0.507 e. The summed E-state index contributed by atoms with van der Waals surface area (Å²) in [6.45, 7) is 12.8. The van der Waals surface area contributed by atoms with Gasteiger partial charge in [-0.05, 0) is 28.5 Å². The molecule has 0 amide bonds. The zero-order valence-corrected chi connectivity index (χ0v) is 16.3. The first-order valence-electron chi connectivity index (χ1n) is 8.38. The molecule has 132 valence electrons. The highest BCUT2D eigenvalue weighted by Crippen LogP contribution is 2.46. The van der Waals surface area contributed by atoms with Crippen LogP contribution in [-0.4, -0.2) is 20.5 Å². The van der Waals surface area contributed by atoms with Crippen LogP contribution in [0.2, 0.25) is 5.02 Å². The van der Waals surface area contributed by atoms with Crippen LogP contribution in [0.5, 0.6) is 5.75 Å². The number of aromatic hydroxyl groups is 1. The third kappa shape index (κ3) is 2.99. The van der Waals surface area contributed by atoms with Gasteiger partial charge in [-0.15, -0.1) is 0 Å². The molecule has 0 saturated carbocycles. The number of hydrogen-bond acceptors (Lipinski definition) is 3. The van der Waals surface area contributed by atoms with Crippen LogP contribution in [0.3, 0.4) is 0 Å². The SMILES string of the molecule is CC(C)(C)c1ccc(-c2c(Cl)ccc3n[nH]nc23)c(O)c1C(C)(C)C. The number of rotatable bonds is 1. The molecule has 3 rings (SSSR count). The summed E-state index contributed by atoms with van der Waals surface area (Å²) >= 11 is 6.47. The van der Waals surface area contributed by atoms with Gasteiger partial charge in [0.25, 0.3) is 0 Å². The second kappa shape index (κ2) is 5.73. The minimum atomic E-state index is -0.215. The van der Waals surface area contributed by atoms with Crippen LogP contribution < -0.4 is 0 Å². The molecule has 2 aromatic carbocycles. The van der Waals surface area contributed by atoms with Crippen molar-refractivity contribution in [3.63, 3.8) is 0 Å². The summed E-state index contributed by atoms with van der Waals surface area (Å²) in [7, 11) is 0. The van der Waals surface area contributed by atoms with E-state index < -0.39 is 0 Å². The van der Waals surface area contributed by atoms with Gasteiger partial charge in [0.05, 0.1) is 5.02 Å². The van der Waals surface area contributed by atoms with E-state index >= 15 is 0 Å². The monoisotopic (exact) mass is 357 g/mol. The number of hydrogen-bond donors (Lipinski definition) is 2. The molecule has 25 heavy (non-hydrogen) atoms. The zero-order valence-electron chi connectivity index (χ0n) is 15.5. The van der Waals surface area contributed by atoms with Gasteiger partial charge in [0.2, 0.25) is 0 Å². The van der Waals surface area contributed by atoms with Crippen molar-refractivity contribution in [2.24, 2.45) is 0 Å². The number of aromatic nitrogens is 3. The second-order valence-electron chi connectivity index (χ2n) is 8.50. The Hall–Kier alpha value is -2.07. The lowest BCUT2D eigenvalue weighted by Gasteiger charge is -2.31. The number of benzene rings is 2. The lowest BCUT2D eigenvalue weighted by Crippen LogP contribution is -2.22. The molecule has 0 atom stereocenters. The smallest absolute Gasteiger partial charge is 0.127 e. The van der Waals surface area contributed by atoms with E-state index in [1.165, 1.54) is 0 Å². The summed E-state index contributed by atoms with van der Waals surface area (Å²) in [6, 6.07) is 7.62. The van der Waals surface area contributed by atoms with Crippen molar-refractivity contribution >= 4 is 22.6 Å². The van der Waals surface area contributed by atoms with E-state index in [9.17, 15) is 5.11 Å². The Morgan fingerprint density at radius 3 is 2.20 bits per heavy atom. The van der Waals surface area contributed by atoms with E-state index in [4.69, 9.17) is 11.6 Å². The third-order valence-corrected chi connectivity index (χ3v) is 4.76. The molecule has 1 heterocycles. The maximum absolute atomic E-state index is 11.2. The standard InChI is InChI=1S/C20H24ClN3O/c1-19(2,3)12-8-7-11(18(25)16(12)20(4,5)6)15-13(21)9-10-14-17(15)23-24-22-14/h7-10,25H,1-6H3,(H,22,23,24). The molecule has 0 aliphatic heterocycles. The van der Waals surface area contributed by atoms with Gasteiger partial charge in [-0.3, -0.25) is 0 Å². The highest BCUT2D eigenvalue weighted by Gasteiger charge is 2.30. The molecule has 0 saturated heterocycles. The molecule has 0 spiro atoms. The van der Waals surface area contributed by atoms with E-state index in [0.29, 0.717) is 21.7 Å². The van der Waals surface area contributed by atoms with Crippen LogP contribution in [-0.2, 0) is 10.8 Å². The maximum atomic E-state index is 11.2. The number of nitrogens with one attached hydrogen (secondary N) is 1. The van der Waals surface area contributed by atoms with Crippen molar-refractivity contribution < 1.29 is 5.11 Å². The quantitative estimate of drug-likeness (QED) is 0.597. The van der Waals surface area contributed by atoms with Gasteiger partial charge in [0.15, 0.2) is 0 Å². The minimum Gasteiger partial charge on any atom is -0.507 e. The van der Waals surface area contributed by atoms with Crippen molar-refractivity contribution in [1.82, 2.24) is 15.4 Å². The number of nitrogens with zero attached hydrogens (tertiary/aromatic N) is 2. The Labute approximate surface area is 153 Å². The normalized spacial score (nSPS) is 12.8. The third-order valence-electron chi connectivity index (χ3n) is 4.44. The van der Waals surface area contributed by atoms with E-state index in [-0.39, 0.29) is 16.6 Å². The van der Waals surface area contributed by atoms with Gasteiger partial charge in [-0.2, -0.15) is 15.4 Å². The summed E-state index contributed by atoms with van der Waals surface area (Å²) < 4.78 is 0. The molecule has 3 aromatic rings. The fourth-order valence-electron chi connectivity index (χ4n) is 3.32. The predicted molar refractivity (Wildman–Crippen MR) is 103 cm³/mol. The van der Waals surface area contributed by atoms with Gasteiger partial charge < -0.3 is 5.11 Å². The summed E-state index contributed by atoms with van der Waals surface area (Å²) in [5.41, 5.74) is 4.54. The molecule has 2 N–H and O–H groups in total. The summed E-state index contributed by atoms with van der Waals surface area (Å²) in [5.74, 6) is 0.261. The number of fused-ring (bicyclic) bond motifs is 1. The Kier molecular flexibility index (Phi) is 4.07. The average Bonchev–Trinajstić information content (AvgIpc) is 2.93. The lowest BCUT2D eigenvalue weighted by molar-refractivity contribution is 0.437. The highest BCUT2D eigenvalue weighted by atomic mass is 35.5. The molecular weight excluding hydrogens is 334 g/mol. The summed E-state index contributed by atoms with van der Waals surface area (Å²) in [4.78, 5) is 0. The number of halogens is 1. The first-order chi connectivity index (χ1) is 11.5. The molecule has 0 bridgehead atoms. The summed E-state index contributed by atoms with van der Waals surface area (Å²) in [5, 5.41) is 22.8. The Bertz CT molecular complexity index is 946. The van der Waals surface area contributed by atoms with E-state index in [0.717, 1.165) is 16.6 Å². The molecule has 1 aromatic heterocycles. The van der Waals surface area contributed by atoms with Crippen LogP contribution in [0, 0.1) is 0 Å². The Morgan fingerprint density at radius 2 is 1.60 bits per heavy atom. The summed E-state index contributed by atoms with van der Waals surface area (Å²) in [6.07, 6.45) is 0. The van der Waals surface area contributed by atoms with Crippen LogP contribution in [0.1, 0.15) is 52.7 Å². The van der Waals surface area contributed by atoms with Gasteiger partial charge in [-0.25, -0.2) is 0 Å². The fourth-order valence-corrected chi connectivity index (χ4v) is 3.58. The van der Waals surface area contributed by atoms with Crippen molar-refractivity contribution in [2.75, 3.05) is 0 Å². The van der Waals surface area contributed by atoms with Crippen LogP contribution >= 0.6 is 11.6 Å². The van der Waals surface area contributed by atoms with Gasteiger partial charge in [-0.1, -0.05) is 65.3 Å². The van der Waals surface area contributed by atoms with E-state index in [1.54, 1.807) is 6.07 Å². The Morgan fingerprint density at radius 1 is 0.920 bits per heavy atom. The predicted octanol–water partition coefficient (Wildman–Crippen LogP) is 5.58. The minimum absolute atomic E-state index is 0.0810. The Balaban J connectivity index is 2.39. The number of phenolic OH excluding ortho intramolecular Hbond substituents is 1. The first kappa shape index (κ1) is 17.7. The number of H-pyrrole nitrogens is 1. The molecule has 5 heteroatoms. The van der Waals surface area contributed by atoms with Gasteiger partial charge >= 0.3 is 0 Å². The first-order valence-corrected chi connectivity index (χ1v) is 8.76. The number of phenols is 1. The molecule has 0 aliphatic rings. The van der Waals surface area contributed by atoms with Crippen molar-refractivity contribution in [1.29, 1.82) is 0 Å². The van der Waals surface area contributed by atoms with Crippen molar-refractivity contribution in [3.8, 4) is 16.9 Å². The average molecular weight is 358 g/mol.